The number of hydrogen-bond acceptors (Lipinski definition) is 5. The normalized spacial score (nSPS) is 21.6. The number of ether oxygens (including phenoxy) is 2. The van der Waals surface area contributed by atoms with Crippen molar-refractivity contribution in [3.63, 3.8) is 0 Å². The lowest BCUT2D eigenvalue weighted by Crippen LogP contribution is -2.39. The second-order valence-corrected chi connectivity index (χ2v) is 5.51. The third kappa shape index (κ3) is 3.02. The Morgan fingerprint density at radius 2 is 2.15 bits per heavy atom. The number of hydrogen-bond donors (Lipinski definition) is 0. The van der Waals surface area contributed by atoms with Crippen LogP contribution in [0.2, 0.25) is 0 Å². The zero-order valence-corrected chi connectivity index (χ0v) is 12.3. The molecule has 112 valence electrons. The van der Waals surface area contributed by atoms with Crippen molar-refractivity contribution < 1.29 is 9.47 Å². The van der Waals surface area contributed by atoms with Crippen LogP contribution in [0, 0.1) is 0 Å². The quantitative estimate of drug-likeness (QED) is 0.829. The standard InChI is InChI=1S/C14H24N4O2/c1-2-19-11-13-14-10-17(12-4-8-20-9-5-12)6-3-7-18(14)16-15-13/h12H,2-11H2,1H3. The molecule has 0 radical (unpaired) electrons. The SMILES string of the molecule is CCOCc1nnn2c1CN(C1CCOCC1)CCC2. The molecular formula is C14H24N4O2. The van der Waals surface area contributed by atoms with E-state index < -0.39 is 0 Å². The topological polar surface area (TPSA) is 52.4 Å². The Hall–Kier alpha value is -0.980. The summed E-state index contributed by atoms with van der Waals surface area (Å²) in [7, 11) is 0. The highest BCUT2D eigenvalue weighted by Gasteiger charge is 2.26. The second-order valence-electron chi connectivity index (χ2n) is 5.51. The lowest BCUT2D eigenvalue weighted by atomic mass is 10.1. The van der Waals surface area contributed by atoms with Crippen LogP contribution in [0.1, 0.15) is 37.6 Å². The zero-order valence-electron chi connectivity index (χ0n) is 12.3. The van der Waals surface area contributed by atoms with Gasteiger partial charge in [-0.05, 0) is 26.2 Å². The molecule has 2 aliphatic rings. The Kier molecular flexibility index (Phi) is 4.65. The molecule has 0 amide bonds. The first-order valence-electron chi connectivity index (χ1n) is 7.69. The van der Waals surface area contributed by atoms with Crippen molar-refractivity contribution in [2.24, 2.45) is 0 Å². The Bertz CT molecular complexity index is 429. The molecule has 0 unspecified atom stereocenters. The van der Waals surface area contributed by atoms with Gasteiger partial charge >= 0.3 is 0 Å². The van der Waals surface area contributed by atoms with Crippen molar-refractivity contribution in [3.8, 4) is 0 Å². The molecular weight excluding hydrogens is 256 g/mol. The highest BCUT2D eigenvalue weighted by molar-refractivity contribution is 5.10. The van der Waals surface area contributed by atoms with Crippen LogP contribution in [0.25, 0.3) is 0 Å². The van der Waals surface area contributed by atoms with Crippen LogP contribution < -0.4 is 0 Å². The Morgan fingerprint density at radius 1 is 1.30 bits per heavy atom. The van der Waals surface area contributed by atoms with Crippen LogP contribution in [-0.4, -0.2) is 52.3 Å². The molecule has 0 aliphatic carbocycles. The maximum absolute atomic E-state index is 5.51. The van der Waals surface area contributed by atoms with Gasteiger partial charge in [0.2, 0.25) is 0 Å². The van der Waals surface area contributed by atoms with E-state index in [1.807, 2.05) is 6.92 Å². The Balaban J connectivity index is 1.73. The first-order valence-corrected chi connectivity index (χ1v) is 7.69. The molecule has 6 heteroatoms. The predicted molar refractivity (Wildman–Crippen MR) is 74.2 cm³/mol. The molecule has 3 heterocycles. The summed E-state index contributed by atoms with van der Waals surface area (Å²) in [6.45, 7) is 8.14. The van der Waals surface area contributed by atoms with Gasteiger partial charge in [0.05, 0.1) is 12.3 Å². The van der Waals surface area contributed by atoms with E-state index in [4.69, 9.17) is 9.47 Å². The van der Waals surface area contributed by atoms with Crippen LogP contribution in [0.4, 0.5) is 0 Å². The van der Waals surface area contributed by atoms with Gasteiger partial charge in [0.25, 0.3) is 0 Å². The molecule has 2 aliphatic heterocycles. The van der Waals surface area contributed by atoms with Crippen molar-refractivity contribution in [1.29, 1.82) is 0 Å². The average Bonchev–Trinajstić information content (AvgIpc) is 2.74. The zero-order chi connectivity index (χ0) is 13.8. The predicted octanol–water partition coefficient (Wildman–Crippen LogP) is 1.20. The summed E-state index contributed by atoms with van der Waals surface area (Å²) in [5, 5.41) is 8.58. The van der Waals surface area contributed by atoms with Crippen LogP contribution in [0.5, 0.6) is 0 Å². The molecule has 0 bridgehead atoms. The van der Waals surface area contributed by atoms with Gasteiger partial charge in [0.15, 0.2) is 0 Å². The smallest absolute Gasteiger partial charge is 0.113 e. The van der Waals surface area contributed by atoms with Gasteiger partial charge in [-0.15, -0.1) is 5.10 Å². The van der Waals surface area contributed by atoms with Gasteiger partial charge < -0.3 is 9.47 Å². The van der Waals surface area contributed by atoms with Crippen LogP contribution in [-0.2, 0) is 29.2 Å². The summed E-state index contributed by atoms with van der Waals surface area (Å²) in [5.41, 5.74) is 2.24. The number of aromatic nitrogens is 3. The first kappa shape index (κ1) is 14.0. The van der Waals surface area contributed by atoms with E-state index in [1.165, 1.54) is 5.69 Å². The maximum Gasteiger partial charge on any atom is 0.113 e. The van der Waals surface area contributed by atoms with Crippen molar-refractivity contribution >= 4 is 0 Å². The monoisotopic (exact) mass is 280 g/mol. The van der Waals surface area contributed by atoms with E-state index in [2.05, 4.69) is 19.9 Å². The number of aryl methyl sites for hydroxylation is 1. The van der Waals surface area contributed by atoms with Gasteiger partial charge in [-0.25, -0.2) is 4.68 Å². The maximum atomic E-state index is 5.51. The first-order chi connectivity index (χ1) is 9.88. The molecule has 0 aromatic carbocycles. The number of fused-ring (bicyclic) bond motifs is 1. The molecule has 1 aromatic heterocycles. The third-order valence-electron chi connectivity index (χ3n) is 4.24. The Labute approximate surface area is 120 Å². The van der Waals surface area contributed by atoms with Gasteiger partial charge in [-0.3, -0.25) is 4.90 Å². The molecule has 0 saturated carbocycles. The van der Waals surface area contributed by atoms with E-state index in [9.17, 15) is 0 Å². The van der Waals surface area contributed by atoms with Crippen molar-refractivity contribution in [1.82, 2.24) is 19.9 Å². The fourth-order valence-electron chi connectivity index (χ4n) is 3.09. The molecule has 0 spiro atoms. The van der Waals surface area contributed by atoms with Gasteiger partial charge in [0.1, 0.15) is 5.69 Å². The summed E-state index contributed by atoms with van der Waals surface area (Å²) in [6.07, 6.45) is 3.42. The minimum Gasteiger partial charge on any atom is -0.381 e. The number of rotatable bonds is 4. The van der Waals surface area contributed by atoms with E-state index in [-0.39, 0.29) is 0 Å². The second kappa shape index (κ2) is 6.65. The molecule has 3 rings (SSSR count). The van der Waals surface area contributed by atoms with E-state index in [0.29, 0.717) is 12.6 Å². The van der Waals surface area contributed by atoms with E-state index >= 15 is 0 Å². The summed E-state index contributed by atoms with van der Waals surface area (Å²) < 4.78 is 13.1. The molecule has 0 atom stereocenters. The fraction of sp³-hybridized carbons (Fsp3) is 0.857. The minimum absolute atomic E-state index is 0.577. The highest BCUT2D eigenvalue weighted by atomic mass is 16.5. The lowest BCUT2D eigenvalue weighted by molar-refractivity contribution is 0.0311. The number of nitrogens with zero attached hydrogens (tertiary/aromatic N) is 4. The largest absolute Gasteiger partial charge is 0.381 e. The van der Waals surface area contributed by atoms with Crippen molar-refractivity contribution in [2.75, 3.05) is 26.4 Å². The minimum atomic E-state index is 0.577. The molecule has 1 aromatic rings. The summed E-state index contributed by atoms with van der Waals surface area (Å²) >= 11 is 0. The molecule has 20 heavy (non-hydrogen) atoms. The van der Waals surface area contributed by atoms with Crippen LogP contribution in [0.3, 0.4) is 0 Å². The van der Waals surface area contributed by atoms with Crippen LogP contribution >= 0.6 is 0 Å². The van der Waals surface area contributed by atoms with Crippen molar-refractivity contribution in [2.45, 2.75) is 51.9 Å². The van der Waals surface area contributed by atoms with Gasteiger partial charge in [-0.1, -0.05) is 5.21 Å². The van der Waals surface area contributed by atoms with E-state index in [0.717, 1.165) is 64.4 Å². The highest BCUT2D eigenvalue weighted by Crippen LogP contribution is 2.22. The summed E-state index contributed by atoms with van der Waals surface area (Å²) in [5.74, 6) is 0. The van der Waals surface area contributed by atoms with Gasteiger partial charge in [0, 0.05) is 45.5 Å². The molecule has 0 N–H and O–H groups in total. The summed E-state index contributed by atoms with van der Waals surface area (Å²) in [6, 6.07) is 0.644. The van der Waals surface area contributed by atoms with Crippen molar-refractivity contribution in [3.05, 3.63) is 11.4 Å². The fourth-order valence-corrected chi connectivity index (χ4v) is 3.09. The van der Waals surface area contributed by atoms with Gasteiger partial charge in [-0.2, -0.15) is 0 Å². The average molecular weight is 280 g/mol. The summed E-state index contributed by atoms with van der Waals surface area (Å²) in [4.78, 5) is 2.58. The molecule has 1 fully saturated rings. The lowest BCUT2D eigenvalue weighted by Gasteiger charge is -2.33. The van der Waals surface area contributed by atoms with Crippen LogP contribution in [0.15, 0.2) is 0 Å². The Morgan fingerprint density at radius 3 is 2.95 bits per heavy atom. The van der Waals surface area contributed by atoms with E-state index in [1.54, 1.807) is 0 Å². The molecule has 6 nitrogen and oxygen atoms in total. The molecule has 1 saturated heterocycles. The third-order valence-corrected chi connectivity index (χ3v) is 4.24.